The van der Waals surface area contributed by atoms with Crippen LogP contribution in [0, 0.1) is 0 Å². The second kappa shape index (κ2) is 5.29. The molecular formula is C11H14N2O3S2. The van der Waals surface area contributed by atoms with Gasteiger partial charge in [-0.1, -0.05) is 0 Å². The van der Waals surface area contributed by atoms with Gasteiger partial charge in [-0.2, -0.15) is 0 Å². The number of hydrogen-bond donors (Lipinski definition) is 2. The van der Waals surface area contributed by atoms with E-state index in [0.29, 0.717) is 6.54 Å². The Labute approximate surface area is 110 Å². The smallest absolute Gasteiger partial charge is 0.240 e. The Bertz CT molecular complexity index is 540. The summed E-state index contributed by atoms with van der Waals surface area (Å²) in [5.74, 6) is -0.125. The van der Waals surface area contributed by atoms with Gasteiger partial charge in [-0.3, -0.25) is 4.79 Å². The summed E-state index contributed by atoms with van der Waals surface area (Å²) in [6.07, 6.45) is 2.12. The van der Waals surface area contributed by atoms with Crippen LogP contribution in [-0.4, -0.2) is 33.2 Å². The van der Waals surface area contributed by atoms with Crippen LogP contribution in [0.1, 0.15) is 6.42 Å². The molecule has 0 saturated carbocycles. The van der Waals surface area contributed by atoms with Crippen LogP contribution < -0.4 is 10.0 Å². The number of hydrogen-bond acceptors (Lipinski definition) is 4. The largest absolute Gasteiger partial charge is 0.354 e. The SMILES string of the molecule is CSc1ccc(S(=O)(=O)NC2CNC(=O)C2)cc1. The molecule has 2 rings (SSSR count). The van der Waals surface area contributed by atoms with Gasteiger partial charge in [-0.05, 0) is 30.5 Å². The van der Waals surface area contributed by atoms with Crippen LogP contribution in [0.3, 0.4) is 0 Å². The first-order valence-corrected chi connectivity index (χ1v) is 8.15. The maximum absolute atomic E-state index is 12.0. The Morgan fingerprint density at radius 2 is 2.00 bits per heavy atom. The Balaban J connectivity index is 2.12. The molecule has 1 aliphatic heterocycles. The molecule has 18 heavy (non-hydrogen) atoms. The van der Waals surface area contributed by atoms with Crippen LogP contribution in [0.15, 0.2) is 34.1 Å². The van der Waals surface area contributed by atoms with Gasteiger partial charge in [0, 0.05) is 23.9 Å². The second-order valence-corrected chi connectivity index (χ2v) is 6.60. The highest BCUT2D eigenvalue weighted by Crippen LogP contribution is 2.18. The van der Waals surface area contributed by atoms with E-state index >= 15 is 0 Å². The van der Waals surface area contributed by atoms with Gasteiger partial charge in [0.25, 0.3) is 0 Å². The molecule has 1 fully saturated rings. The van der Waals surface area contributed by atoms with Crippen LogP contribution in [0.5, 0.6) is 0 Å². The maximum Gasteiger partial charge on any atom is 0.240 e. The Morgan fingerprint density at radius 1 is 1.33 bits per heavy atom. The van der Waals surface area contributed by atoms with E-state index < -0.39 is 10.0 Å². The highest BCUT2D eigenvalue weighted by atomic mass is 32.2. The molecule has 1 aliphatic rings. The van der Waals surface area contributed by atoms with Crippen molar-refractivity contribution in [2.45, 2.75) is 22.3 Å². The van der Waals surface area contributed by atoms with E-state index in [-0.39, 0.29) is 23.3 Å². The summed E-state index contributed by atoms with van der Waals surface area (Å²) in [4.78, 5) is 12.2. The van der Waals surface area contributed by atoms with Crippen LogP contribution in [0.4, 0.5) is 0 Å². The molecular weight excluding hydrogens is 272 g/mol. The van der Waals surface area contributed by atoms with E-state index in [1.165, 1.54) is 0 Å². The number of thioether (sulfide) groups is 1. The fraction of sp³-hybridized carbons (Fsp3) is 0.364. The van der Waals surface area contributed by atoms with E-state index in [1.54, 1.807) is 36.0 Å². The summed E-state index contributed by atoms with van der Waals surface area (Å²) in [5.41, 5.74) is 0. The van der Waals surface area contributed by atoms with E-state index in [0.717, 1.165) is 4.90 Å². The lowest BCUT2D eigenvalue weighted by Crippen LogP contribution is -2.36. The van der Waals surface area contributed by atoms with E-state index in [1.807, 2.05) is 6.26 Å². The molecule has 1 aromatic carbocycles. The number of benzene rings is 1. The van der Waals surface area contributed by atoms with Crippen molar-refractivity contribution in [1.29, 1.82) is 0 Å². The van der Waals surface area contributed by atoms with Crippen molar-refractivity contribution in [3.8, 4) is 0 Å². The molecule has 7 heteroatoms. The van der Waals surface area contributed by atoms with Crippen molar-refractivity contribution in [1.82, 2.24) is 10.0 Å². The average molecular weight is 286 g/mol. The lowest BCUT2D eigenvalue weighted by molar-refractivity contribution is -0.119. The van der Waals surface area contributed by atoms with Gasteiger partial charge in [0.05, 0.1) is 4.90 Å². The number of nitrogens with one attached hydrogen (secondary N) is 2. The first-order valence-electron chi connectivity index (χ1n) is 5.44. The standard InChI is InChI=1S/C11H14N2O3S2/c1-17-9-2-4-10(5-3-9)18(15,16)13-8-6-11(14)12-7-8/h2-5,8,13H,6-7H2,1H3,(H,12,14). The number of sulfonamides is 1. The monoisotopic (exact) mass is 286 g/mol. The summed E-state index contributed by atoms with van der Waals surface area (Å²) in [5, 5.41) is 2.59. The molecule has 98 valence electrons. The van der Waals surface area contributed by atoms with Crippen LogP contribution in [0.2, 0.25) is 0 Å². The van der Waals surface area contributed by atoms with E-state index in [2.05, 4.69) is 10.0 Å². The van der Waals surface area contributed by atoms with E-state index in [4.69, 9.17) is 0 Å². The van der Waals surface area contributed by atoms with Gasteiger partial charge < -0.3 is 5.32 Å². The molecule has 1 unspecified atom stereocenters. The predicted molar refractivity (Wildman–Crippen MR) is 70.0 cm³/mol. The van der Waals surface area contributed by atoms with Gasteiger partial charge in [0.2, 0.25) is 15.9 Å². The van der Waals surface area contributed by atoms with Crippen molar-refractivity contribution in [2.24, 2.45) is 0 Å². The Hall–Kier alpha value is -1.05. The van der Waals surface area contributed by atoms with Gasteiger partial charge in [0.15, 0.2) is 0 Å². The minimum absolute atomic E-state index is 0.125. The first-order chi connectivity index (χ1) is 8.51. The van der Waals surface area contributed by atoms with Crippen LogP contribution in [-0.2, 0) is 14.8 Å². The van der Waals surface area contributed by atoms with Crippen LogP contribution in [0.25, 0.3) is 0 Å². The Kier molecular flexibility index (Phi) is 3.94. The van der Waals surface area contributed by atoms with Crippen LogP contribution >= 0.6 is 11.8 Å². The van der Waals surface area contributed by atoms with Crippen molar-refractivity contribution >= 4 is 27.7 Å². The van der Waals surface area contributed by atoms with Gasteiger partial charge >= 0.3 is 0 Å². The maximum atomic E-state index is 12.0. The second-order valence-electron chi connectivity index (χ2n) is 4.00. The molecule has 2 N–H and O–H groups in total. The molecule has 1 heterocycles. The third-order valence-electron chi connectivity index (χ3n) is 2.67. The summed E-state index contributed by atoms with van der Waals surface area (Å²) in [7, 11) is -3.54. The minimum Gasteiger partial charge on any atom is -0.354 e. The van der Waals surface area contributed by atoms with Crippen molar-refractivity contribution in [3.63, 3.8) is 0 Å². The van der Waals surface area contributed by atoms with Crippen molar-refractivity contribution in [2.75, 3.05) is 12.8 Å². The zero-order valence-corrected chi connectivity index (χ0v) is 11.5. The molecule has 1 atom stereocenters. The lowest BCUT2D eigenvalue weighted by atomic mass is 10.3. The van der Waals surface area contributed by atoms with Crippen molar-refractivity contribution in [3.05, 3.63) is 24.3 Å². The number of carbonyl (C=O) groups excluding carboxylic acids is 1. The van der Waals surface area contributed by atoms with Gasteiger partial charge in [-0.15, -0.1) is 11.8 Å². The summed E-state index contributed by atoms with van der Waals surface area (Å²) in [6, 6.07) is 6.30. The lowest BCUT2D eigenvalue weighted by Gasteiger charge is -2.11. The molecule has 0 aliphatic carbocycles. The quantitative estimate of drug-likeness (QED) is 0.794. The molecule has 1 amide bonds. The fourth-order valence-electron chi connectivity index (χ4n) is 1.73. The first kappa shape index (κ1) is 13.4. The average Bonchev–Trinajstić information content (AvgIpc) is 2.74. The van der Waals surface area contributed by atoms with Gasteiger partial charge in [0.1, 0.15) is 0 Å². The molecule has 0 radical (unpaired) electrons. The molecule has 1 saturated heterocycles. The third kappa shape index (κ3) is 3.04. The topological polar surface area (TPSA) is 75.3 Å². The Morgan fingerprint density at radius 3 is 2.50 bits per heavy atom. The highest BCUT2D eigenvalue weighted by Gasteiger charge is 2.26. The van der Waals surface area contributed by atoms with Crippen molar-refractivity contribution < 1.29 is 13.2 Å². The number of rotatable bonds is 4. The highest BCUT2D eigenvalue weighted by molar-refractivity contribution is 7.98. The summed E-state index contributed by atoms with van der Waals surface area (Å²) < 4.78 is 26.6. The molecule has 5 nitrogen and oxygen atoms in total. The number of carbonyl (C=O) groups is 1. The zero-order valence-electron chi connectivity index (χ0n) is 9.84. The zero-order chi connectivity index (χ0) is 13.2. The minimum atomic E-state index is -3.54. The normalized spacial score (nSPS) is 19.8. The molecule has 0 bridgehead atoms. The molecule has 1 aromatic rings. The predicted octanol–water partition coefficient (Wildman–Crippen LogP) is 0.575. The van der Waals surface area contributed by atoms with E-state index in [9.17, 15) is 13.2 Å². The fourth-order valence-corrected chi connectivity index (χ4v) is 3.38. The molecule has 0 aromatic heterocycles. The number of amides is 1. The van der Waals surface area contributed by atoms with Gasteiger partial charge in [-0.25, -0.2) is 13.1 Å². The summed E-state index contributed by atoms with van der Waals surface area (Å²) in [6.45, 7) is 0.348. The molecule has 0 spiro atoms. The third-order valence-corrected chi connectivity index (χ3v) is 4.95. The summed E-state index contributed by atoms with van der Waals surface area (Å²) >= 11 is 1.55.